The number of ether oxygens (including phenoxy) is 2. The molecule has 1 aromatic heterocycles. The fourth-order valence-corrected chi connectivity index (χ4v) is 1.82. The second-order valence-corrected chi connectivity index (χ2v) is 4.35. The molecule has 1 heterocycles. The Morgan fingerprint density at radius 2 is 1.81 bits per heavy atom. The van der Waals surface area contributed by atoms with Gasteiger partial charge in [0.2, 0.25) is 5.95 Å². The average molecular weight is 289 g/mol. The molecule has 2 rings (SSSR count). The number of aromatic nitrogens is 3. The van der Waals surface area contributed by atoms with Gasteiger partial charge in [0.05, 0.1) is 14.2 Å². The number of hydrogen-bond acceptors (Lipinski definition) is 7. The van der Waals surface area contributed by atoms with Crippen molar-refractivity contribution >= 4 is 11.6 Å². The highest BCUT2D eigenvalue weighted by molar-refractivity contribution is 5.54. The number of nitrogens with zero attached hydrogens (tertiary/aromatic N) is 3. The first-order valence-corrected chi connectivity index (χ1v) is 6.65. The topological polar surface area (TPSA) is 95.2 Å². The van der Waals surface area contributed by atoms with E-state index in [4.69, 9.17) is 15.2 Å². The standard InChI is InChI=1S/C14H19N5O2/c1-20-13-17-12(18-14(19-13)21-2)16-11-7-3-5-10(9-11)6-4-8-15/h3,5,7,9H,4,6,8,15H2,1-2H3,(H,16,17,18,19). The summed E-state index contributed by atoms with van der Waals surface area (Å²) in [4.78, 5) is 12.2. The largest absolute Gasteiger partial charge is 0.467 e. The van der Waals surface area contributed by atoms with Crippen molar-refractivity contribution in [3.8, 4) is 12.0 Å². The zero-order valence-electron chi connectivity index (χ0n) is 12.2. The minimum absolute atomic E-state index is 0.198. The van der Waals surface area contributed by atoms with Crippen LogP contribution in [0.5, 0.6) is 12.0 Å². The molecule has 3 N–H and O–H groups in total. The SMILES string of the molecule is COc1nc(Nc2cccc(CCCN)c2)nc(OC)n1. The first kappa shape index (κ1) is 15.0. The zero-order chi connectivity index (χ0) is 15.1. The number of rotatable bonds is 7. The van der Waals surface area contributed by atoms with Gasteiger partial charge in [-0.1, -0.05) is 12.1 Å². The summed E-state index contributed by atoms with van der Waals surface area (Å²) in [5, 5.41) is 3.12. The van der Waals surface area contributed by atoms with Gasteiger partial charge in [-0.2, -0.15) is 9.97 Å². The molecule has 0 atom stereocenters. The van der Waals surface area contributed by atoms with Crippen LogP contribution in [-0.4, -0.2) is 35.7 Å². The van der Waals surface area contributed by atoms with Crippen molar-refractivity contribution in [2.45, 2.75) is 12.8 Å². The third-order valence-electron chi connectivity index (χ3n) is 2.81. The first-order valence-electron chi connectivity index (χ1n) is 6.65. The molecule has 0 aliphatic heterocycles. The maximum Gasteiger partial charge on any atom is 0.324 e. The maximum atomic E-state index is 5.53. The molecule has 0 radical (unpaired) electrons. The molecule has 0 aliphatic rings. The molecule has 2 aromatic rings. The van der Waals surface area contributed by atoms with Crippen molar-refractivity contribution in [1.29, 1.82) is 0 Å². The van der Waals surface area contributed by atoms with Crippen LogP contribution in [0.4, 0.5) is 11.6 Å². The van der Waals surface area contributed by atoms with Crippen LogP contribution in [0.2, 0.25) is 0 Å². The molecule has 0 fully saturated rings. The number of aryl methyl sites for hydroxylation is 1. The van der Waals surface area contributed by atoms with Gasteiger partial charge in [-0.05, 0) is 37.1 Å². The van der Waals surface area contributed by atoms with Gasteiger partial charge in [0.25, 0.3) is 0 Å². The van der Waals surface area contributed by atoms with Crippen LogP contribution >= 0.6 is 0 Å². The van der Waals surface area contributed by atoms with E-state index in [9.17, 15) is 0 Å². The number of hydrogen-bond donors (Lipinski definition) is 2. The lowest BCUT2D eigenvalue weighted by Gasteiger charge is -2.08. The van der Waals surface area contributed by atoms with Crippen LogP contribution < -0.4 is 20.5 Å². The molecule has 0 amide bonds. The number of anilines is 2. The number of nitrogens with two attached hydrogens (primary N) is 1. The van der Waals surface area contributed by atoms with Crippen LogP contribution in [0, 0.1) is 0 Å². The van der Waals surface area contributed by atoms with Crippen LogP contribution in [-0.2, 0) is 6.42 Å². The van der Waals surface area contributed by atoms with Crippen molar-refractivity contribution in [2.75, 3.05) is 26.1 Å². The van der Waals surface area contributed by atoms with E-state index in [1.165, 1.54) is 19.8 Å². The van der Waals surface area contributed by atoms with Gasteiger partial charge < -0.3 is 20.5 Å². The number of nitrogens with one attached hydrogen (secondary N) is 1. The highest BCUT2D eigenvalue weighted by Crippen LogP contribution is 2.18. The highest BCUT2D eigenvalue weighted by atomic mass is 16.5. The van der Waals surface area contributed by atoms with E-state index >= 15 is 0 Å². The van der Waals surface area contributed by atoms with Crippen LogP contribution in [0.15, 0.2) is 24.3 Å². The lowest BCUT2D eigenvalue weighted by atomic mass is 10.1. The molecule has 0 aliphatic carbocycles. The third-order valence-corrected chi connectivity index (χ3v) is 2.81. The summed E-state index contributed by atoms with van der Waals surface area (Å²) in [5.74, 6) is 0.370. The summed E-state index contributed by atoms with van der Waals surface area (Å²) in [7, 11) is 2.98. The van der Waals surface area contributed by atoms with E-state index in [2.05, 4.69) is 26.3 Å². The van der Waals surface area contributed by atoms with Crippen molar-refractivity contribution < 1.29 is 9.47 Å². The lowest BCUT2D eigenvalue weighted by molar-refractivity contribution is 0.341. The summed E-state index contributed by atoms with van der Waals surface area (Å²) >= 11 is 0. The van der Waals surface area contributed by atoms with Gasteiger partial charge in [0.1, 0.15) is 0 Å². The lowest BCUT2D eigenvalue weighted by Crippen LogP contribution is -2.04. The Morgan fingerprint density at radius 3 is 2.43 bits per heavy atom. The van der Waals surface area contributed by atoms with E-state index in [1.54, 1.807) is 0 Å². The predicted octanol–water partition coefficient (Wildman–Crippen LogP) is 1.52. The van der Waals surface area contributed by atoms with Gasteiger partial charge in [-0.25, -0.2) is 0 Å². The fourth-order valence-electron chi connectivity index (χ4n) is 1.82. The maximum absolute atomic E-state index is 5.53. The second-order valence-electron chi connectivity index (χ2n) is 4.35. The minimum atomic E-state index is 0.198. The smallest absolute Gasteiger partial charge is 0.324 e. The van der Waals surface area contributed by atoms with E-state index in [1.807, 2.05) is 18.2 Å². The Balaban J connectivity index is 2.17. The van der Waals surface area contributed by atoms with Crippen molar-refractivity contribution in [3.05, 3.63) is 29.8 Å². The molecule has 21 heavy (non-hydrogen) atoms. The molecule has 0 spiro atoms. The number of benzene rings is 1. The Hall–Kier alpha value is -2.41. The van der Waals surface area contributed by atoms with Crippen LogP contribution in [0.25, 0.3) is 0 Å². The van der Waals surface area contributed by atoms with Gasteiger partial charge in [0, 0.05) is 5.69 Å². The predicted molar refractivity (Wildman–Crippen MR) is 80.0 cm³/mol. The van der Waals surface area contributed by atoms with Crippen LogP contribution in [0.1, 0.15) is 12.0 Å². The highest BCUT2D eigenvalue weighted by Gasteiger charge is 2.07. The second kappa shape index (κ2) is 7.39. The first-order chi connectivity index (χ1) is 10.2. The molecular formula is C14H19N5O2. The Morgan fingerprint density at radius 1 is 1.10 bits per heavy atom. The Kier molecular flexibility index (Phi) is 5.28. The number of methoxy groups -OCH3 is 2. The van der Waals surface area contributed by atoms with Gasteiger partial charge in [0.15, 0.2) is 0 Å². The molecule has 7 nitrogen and oxygen atoms in total. The van der Waals surface area contributed by atoms with Crippen molar-refractivity contribution in [3.63, 3.8) is 0 Å². The average Bonchev–Trinajstić information content (AvgIpc) is 2.52. The molecule has 112 valence electrons. The van der Waals surface area contributed by atoms with Crippen molar-refractivity contribution in [1.82, 2.24) is 15.0 Å². The third kappa shape index (κ3) is 4.28. The fraction of sp³-hybridized carbons (Fsp3) is 0.357. The Bertz CT molecular complexity index is 569. The van der Waals surface area contributed by atoms with E-state index in [0.717, 1.165) is 18.5 Å². The van der Waals surface area contributed by atoms with Gasteiger partial charge in [-0.15, -0.1) is 4.98 Å². The molecule has 0 saturated carbocycles. The molecule has 0 unspecified atom stereocenters. The summed E-state index contributed by atoms with van der Waals surface area (Å²) in [6.45, 7) is 0.680. The zero-order valence-corrected chi connectivity index (χ0v) is 12.2. The molecule has 0 saturated heterocycles. The summed E-state index contributed by atoms with van der Waals surface area (Å²) in [5.41, 5.74) is 7.63. The molecule has 1 aromatic carbocycles. The summed E-state index contributed by atoms with van der Waals surface area (Å²) in [6.07, 6.45) is 1.90. The summed E-state index contributed by atoms with van der Waals surface area (Å²) in [6, 6.07) is 8.42. The van der Waals surface area contributed by atoms with E-state index < -0.39 is 0 Å². The molecule has 7 heteroatoms. The molecule has 0 bridgehead atoms. The van der Waals surface area contributed by atoms with E-state index in [0.29, 0.717) is 12.5 Å². The van der Waals surface area contributed by atoms with Gasteiger partial charge >= 0.3 is 12.0 Å². The minimum Gasteiger partial charge on any atom is -0.467 e. The Labute approximate surface area is 123 Å². The van der Waals surface area contributed by atoms with Crippen molar-refractivity contribution in [2.24, 2.45) is 5.73 Å². The van der Waals surface area contributed by atoms with E-state index in [-0.39, 0.29) is 12.0 Å². The van der Waals surface area contributed by atoms with Gasteiger partial charge in [-0.3, -0.25) is 0 Å². The normalized spacial score (nSPS) is 10.2. The van der Waals surface area contributed by atoms with Crippen LogP contribution in [0.3, 0.4) is 0 Å². The monoisotopic (exact) mass is 289 g/mol. The summed E-state index contributed by atoms with van der Waals surface area (Å²) < 4.78 is 10.0. The molecular weight excluding hydrogens is 270 g/mol. The quantitative estimate of drug-likeness (QED) is 0.798.